The molecule has 0 aliphatic rings. The number of carboxylic acids is 1. The molecule has 0 fully saturated rings. The van der Waals surface area contributed by atoms with Gasteiger partial charge in [-0.3, -0.25) is 10.1 Å². The molecular weight excluding hydrogens is 358 g/mol. The lowest BCUT2D eigenvalue weighted by atomic mass is 10.2. The SMILES string of the molecule is O=C(O)c1ccccc1SCc1cccc([N+](=O)[O-])c1Br. The zero-order valence-electron chi connectivity index (χ0n) is 10.7. The summed E-state index contributed by atoms with van der Waals surface area (Å²) in [6.45, 7) is 0. The highest BCUT2D eigenvalue weighted by molar-refractivity contribution is 9.10. The highest BCUT2D eigenvalue weighted by atomic mass is 79.9. The Morgan fingerprint density at radius 1 is 1.24 bits per heavy atom. The van der Waals surface area contributed by atoms with E-state index >= 15 is 0 Å². The lowest BCUT2D eigenvalue weighted by molar-refractivity contribution is -0.385. The third-order valence-corrected chi connectivity index (χ3v) is 4.79. The van der Waals surface area contributed by atoms with Crippen molar-refractivity contribution in [3.63, 3.8) is 0 Å². The van der Waals surface area contributed by atoms with Crippen molar-refractivity contribution in [2.24, 2.45) is 0 Å². The van der Waals surface area contributed by atoms with Gasteiger partial charge in [-0.1, -0.05) is 24.3 Å². The molecule has 0 atom stereocenters. The van der Waals surface area contributed by atoms with Gasteiger partial charge in [0.05, 0.1) is 15.0 Å². The van der Waals surface area contributed by atoms with Gasteiger partial charge >= 0.3 is 5.97 Å². The molecule has 2 aromatic rings. The summed E-state index contributed by atoms with van der Waals surface area (Å²) in [7, 11) is 0. The zero-order chi connectivity index (χ0) is 15.4. The minimum Gasteiger partial charge on any atom is -0.478 e. The van der Waals surface area contributed by atoms with E-state index in [0.717, 1.165) is 5.56 Å². The average molecular weight is 368 g/mol. The van der Waals surface area contributed by atoms with Crippen LogP contribution in [0.3, 0.4) is 0 Å². The van der Waals surface area contributed by atoms with Crippen LogP contribution in [0, 0.1) is 10.1 Å². The summed E-state index contributed by atoms with van der Waals surface area (Å²) in [6.07, 6.45) is 0. The van der Waals surface area contributed by atoms with E-state index in [1.165, 1.54) is 23.9 Å². The molecule has 0 unspecified atom stereocenters. The largest absolute Gasteiger partial charge is 0.478 e. The number of aromatic carboxylic acids is 1. The van der Waals surface area contributed by atoms with E-state index in [4.69, 9.17) is 5.11 Å². The van der Waals surface area contributed by atoms with Crippen molar-refractivity contribution < 1.29 is 14.8 Å². The quantitative estimate of drug-likeness (QED) is 0.482. The van der Waals surface area contributed by atoms with E-state index in [9.17, 15) is 14.9 Å². The van der Waals surface area contributed by atoms with E-state index in [-0.39, 0.29) is 11.3 Å². The molecule has 5 nitrogen and oxygen atoms in total. The number of hydrogen-bond donors (Lipinski definition) is 1. The molecule has 0 radical (unpaired) electrons. The van der Waals surface area contributed by atoms with Crippen molar-refractivity contribution in [2.45, 2.75) is 10.6 Å². The smallest absolute Gasteiger partial charge is 0.336 e. The molecule has 0 saturated carbocycles. The number of rotatable bonds is 5. The van der Waals surface area contributed by atoms with Gasteiger partial charge in [0.1, 0.15) is 0 Å². The lowest BCUT2D eigenvalue weighted by Crippen LogP contribution is -1.98. The Labute approximate surface area is 133 Å². The second-order valence-electron chi connectivity index (χ2n) is 4.10. The standard InChI is InChI=1S/C14H10BrNO4S/c15-13-9(4-3-6-11(13)16(19)20)8-21-12-7-2-1-5-10(12)14(17)18/h1-7H,8H2,(H,17,18). The molecule has 108 valence electrons. The van der Waals surface area contributed by atoms with Crippen molar-refractivity contribution in [1.29, 1.82) is 0 Å². The maximum absolute atomic E-state index is 11.1. The van der Waals surface area contributed by atoms with Gasteiger partial charge in [-0.15, -0.1) is 11.8 Å². The van der Waals surface area contributed by atoms with Crippen molar-refractivity contribution >= 4 is 39.3 Å². The number of nitro groups is 1. The van der Waals surface area contributed by atoms with Crippen LogP contribution in [0.15, 0.2) is 51.8 Å². The number of carbonyl (C=O) groups is 1. The first-order valence-corrected chi connectivity index (χ1v) is 7.65. The van der Waals surface area contributed by atoms with Crippen LogP contribution in [0.5, 0.6) is 0 Å². The van der Waals surface area contributed by atoms with E-state index < -0.39 is 10.9 Å². The zero-order valence-corrected chi connectivity index (χ0v) is 13.1. The fourth-order valence-electron chi connectivity index (χ4n) is 1.74. The van der Waals surface area contributed by atoms with E-state index in [1.807, 2.05) is 0 Å². The van der Waals surface area contributed by atoms with Gasteiger partial charge in [-0.05, 0) is 33.6 Å². The molecule has 2 rings (SSSR count). The molecule has 21 heavy (non-hydrogen) atoms. The third kappa shape index (κ3) is 3.62. The summed E-state index contributed by atoms with van der Waals surface area (Å²) >= 11 is 4.56. The summed E-state index contributed by atoms with van der Waals surface area (Å²) in [5, 5.41) is 20.0. The Morgan fingerprint density at radius 2 is 1.95 bits per heavy atom. The summed E-state index contributed by atoms with van der Waals surface area (Å²) in [6, 6.07) is 11.5. The van der Waals surface area contributed by atoms with Gasteiger partial charge in [-0.2, -0.15) is 0 Å². The number of nitro benzene ring substituents is 1. The predicted octanol–water partition coefficient (Wildman–Crippen LogP) is 4.35. The highest BCUT2D eigenvalue weighted by Crippen LogP contribution is 2.33. The maximum Gasteiger partial charge on any atom is 0.336 e. The van der Waals surface area contributed by atoms with Gasteiger partial charge in [0, 0.05) is 16.7 Å². The number of carboxylic acid groups (broad SMARTS) is 1. The molecule has 0 amide bonds. The van der Waals surface area contributed by atoms with Gasteiger partial charge < -0.3 is 5.11 Å². The molecule has 0 spiro atoms. The molecule has 0 heterocycles. The van der Waals surface area contributed by atoms with Crippen LogP contribution in [0.25, 0.3) is 0 Å². The highest BCUT2D eigenvalue weighted by Gasteiger charge is 2.16. The minimum atomic E-state index is -0.990. The first-order valence-electron chi connectivity index (χ1n) is 5.87. The molecule has 1 N–H and O–H groups in total. The molecule has 0 aliphatic carbocycles. The van der Waals surface area contributed by atoms with Crippen molar-refractivity contribution in [1.82, 2.24) is 0 Å². The van der Waals surface area contributed by atoms with Crippen LogP contribution in [0.2, 0.25) is 0 Å². The molecule has 0 bridgehead atoms. The minimum absolute atomic E-state index is 0.000352. The summed E-state index contributed by atoms with van der Waals surface area (Å²) in [5.41, 5.74) is 0.970. The third-order valence-electron chi connectivity index (χ3n) is 2.76. The molecule has 0 aliphatic heterocycles. The first kappa shape index (κ1) is 15.5. The molecular formula is C14H10BrNO4S. The van der Waals surface area contributed by atoms with Crippen LogP contribution < -0.4 is 0 Å². The molecule has 0 saturated heterocycles. The van der Waals surface area contributed by atoms with Crippen molar-refractivity contribution in [3.8, 4) is 0 Å². The van der Waals surface area contributed by atoms with Crippen LogP contribution in [0.4, 0.5) is 5.69 Å². The number of halogens is 1. The summed E-state index contributed by atoms with van der Waals surface area (Å²) in [4.78, 5) is 22.2. The number of benzene rings is 2. The summed E-state index contributed by atoms with van der Waals surface area (Å²) < 4.78 is 0.426. The molecule has 7 heteroatoms. The Balaban J connectivity index is 2.23. The Morgan fingerprint density at radius 3 is 2.62 bits per heavy atom. The van der Waals surface area contributed by atoms with Crippen LogP contribution in [-0.4, -0.2) is 16.0 Å². The van der Waals surface area contributed by atoms with Crippen LogP contribution in [0.1, 0.15) is 15.9 Å². The second kappa shape index (κ2) is 6.73. The van der Waals surface area contributed by atoms with Crippen LogP contribution >= 0.6 is 27.7 Å². The Hall–Kier alpha value is -1.86. The second-order valence-corrected chi connectivity index (χ2v) is 5.91. The van der Waals surface area contributed by atoms with Gasteiger partial charge in [0.2, 0.25) is 0 Å². The fourth-order valence-corrected chi connectivity index (χ4v) is 3.52. The monoisotopic (exact) mass is 367 g/mol. The molecule has 0 aromatic heterocycles. The lowest BCUT2D eigenvalue weighted by Gasteiger charge is -2.07. The van der Waals surface area contributed by atoms with E-state index in [2.05, 4.69) is 15.9 Å². The van der Waals surface area contributed by atoms with Gasteiger partial charge in [-0.25, -0.2) is 4.79 Å². The number of hydrogen-bond acceptors (Lipinski definition) is 4. The topological polar surface area (TPSA) is 80.4 Å². The number of thioether (sulfide) groups is 1. The normalized spacial score (nSPS) is 10.3. The summed E-state index contributed by atoms with van der Waals surface area (Å²) in [5.74, 6) is -0.553. The van der Waals surface area contributed by atoms with E-state index in [0.29, 0.717) is 15.1 Å². The fraction of sp³-hybridized carbons (Fsp3) is 0.0714. The van der Waals surface area contributed by atoms with Gasteiger partial charge in [0.25, 0.3) is 5.69 Å². The van der Waals surface area contributed by atoms with Crippen LogP contribution in [-0.2, 0) is 5.75 Å². The van der Waals surface area contributed by atoms with Crippen molar-refractivity contribution in [3.05, 3.63) is 68.2 Å². The van der Waals surface area contributed by atoms with Gasteiger partial charge in [0.15, 0.2) is 0 Å². The molecule has 2 aromatic carbocycles. The predicted molar refractivity (Wildman–Crippen MR) is 83.8 cm³/mol. The van der Waals surface area contributed by atoms with Crippen molar-refractivity contribution in [2.75, 3.05) is 0 Å². The first-order chi connectivity index (χ1) is 10.0. The Bertz CT molecular complexity index is 705. The number of nitrogens with zero attached hydrogens (tertiary/aromatic N) is 1. The maximum atomic E-state index is 11.1. The average Bonchev–Trinajstić information content (AvgIpc) is 2.46. The Kier molecular flexibility index (Phi) is 4.98. The van der Waals surface area contributed by atoms with E-state index in [1.54, 1.807) is 30.3 Å².